The maximum Gasteiger partial charge on any atom is 0.0971 e. The number of rotatable bonds is 2. The van der Waals surface area contributed by atoms with E-state index in [-0.39, 0.29) is 11.3 Å². The van der Waals surface area contributed by atoms with Crippen LogP contribution >= 0.6 is 0 Å². The summed E-state index contributed by atoms with van der Waals surface area (Å²) in [6, 6.07) is 13.3. The molecule has 0 radical (unpaired) electrons. The first kappa shape index (κ1) is 19.6. The Bertz CT molecular complexity index is 1010. The van der Waals surface area contributed by atoms with Crippen LogP contribution in [-0.2, 0) is 11.8 Å². The number of allylic oxidation sites excluding steroid dienone is 1. The number of benzene rings is 1. The van der Waals surface area contributed by atoms with Gasteiger partial charge in [0.1, 0.15) is 0 Å². The van der Waals surface area contributed by atoms with Gasteiger partial charge in [-0.2, -0.15) is 10.4 Å². The maximum absolute atomic E-state index is 10.7. The lowest BCUT2D eigenvalue weighted by atomic mass is 9.57. The molecule has 3 aliphatic rings. The van der Waals surface area contributed by atoms with Crippen molar-refractivity contribution in [2.75, 3.05) is 0 Å². The summed E-state index contributed by atoms with van der Waals surface area (Å²) in [6.45, 7) is 4.40. The fraction of sp³-hybridized carbons (Fsp3) is 0.538. The summed E-state index contributed by atoms with van der Waals surface area (Å²) in [5.74, 6) is 0.387. The molecule has 30 heavy (non-hydrogen) atoms. The van der Waals surface area contributed by atoms with E-state index in [1.165, 1.54) is 48.9 Å². The second-order valence-electron chi connectivity index (χ2n) is 9.72. The number of hydrogen-bond acceptors (Lipinski definition) is 3. The highest BCUT2D eigenvalue weighted by atomic mass is 16.3. The molecule has 0 bridgehead atoms. The Morgan fingerprint density at radius 3 is 2.57 bits per heavy atom. The SMILES string of the molecule is C[C@H]1C(O)C(C#N)=C[C@@]2(C)c3c(c(-c4ccccc4)nn3C3CCCCC3)CC[C@H]12. The predicted molar refractivity (Wildman–Crippen MR) is 118 cm³/mol. The summed E-state index contributed by atoms with van der Waals surface area (Å²) < 4.78 is 2.35. The lowest BCUT2D eigenvalue weighted by Crippen LogP contribution is -2.48. The number of nitriles is 1. The molecule has 5 rings (SSSR count). The van der Waals surface area contributed by atoms with Crippen molar-refractivity contribution in [2.24, 2.45) is 11.8 Å². The first-order chi connectivity index (χ1) is 14.5. The molecule has 1 N–H and O–H groups in total. The van der Waals surface area contributed by atoms with E-state index in [0.29, 0.717) is 17.5 Å². The van der Waals surface area contributed by atoms with Gasteiger partial charge in [0.15, 0.2) is 0 Å². The molecule has 1 aromatic heterocycles. The average molecular weight is 402 g/mol. The number of aromatic nitrogens is 2. The number of hydrogen-bond donors (Lipinski definition) is 1. The first-order valence-corrected chi connectivity index (χ1v) is 11.5. The van der Waals surface area contributed by atoms with Crippen molar-refractivity contribution in [1.29, 1.82) is 5.26 Å². The monoisotopic (exact) mass is 401 g/mol. The zero-order valence-corrected chi connectivity index (χ0v) is 18.0. The van der Waals surface area contributed by atoms with Crippen molar-refractivity contribution in [2.45, 2.75) is 76.4 Å². The second kappa shape index (κ2) is 7.39. The van der Waals surface area contributed by atoms with E-state index in [1.54, 1.807) is 0 Å². The zero-order chi connectivity index (χ0) is 20.9. The Balaban J connectivity index is 1.74. The average Bonchev–Trinajstić information content (AvgIpc) is 3.19. The minimum atomic E-state index is -0.658. The highest BCUT2D eigenvalue weighted by Gasteiger charge is 2.51. The standard InChI is InChI=1S/C26H31N3O/c1-17-22-14-13-21-23(18-9-5-3-6-10-18)28-29(20-11-7-4-8-12-20)25(21)26(22,2)15-19(16-27)24(17)30/h3,5-6,9-10,15,17,20,22,24,30H,4,7-8,11-14H2,1-2H3/t17-,22-,24?,26-/m1/s1. The van der Waals surface area contributed by atoms with Crippen LogP contribution in [0, 0.1) is 23.2 Å². The van der Waals surface area contributed by atoms with Crippen LogP contribution in [-0.4, -0.2) is 21.0 Å². The maximum atomic E-state index is 10.7. The van der Waals surface area contributed by atoms with Crippen LogP contribution in [0.1, 0.15) is 69.7 Å². The fourth-order valence-corrected chi connectivity index (χ4v) is 6.46. The molecule has 0 amide bonds. The summed E-state index contributed by atoms with van der Waals surface area (Å²) in [5, 5.41) is 25.7. The number of nitrogens with zero attached hydrogens (tertiary/aromatic N) is 3. The molecule has 0 spiro atoms. The normalized spacial score (nSPS) is 31.4. The van der Waals surface area contributed by atoms with Gasteiger partial charge < -0.3 is 5.11 Å². The molecule has 1 saturated carbocycles. The summed E-state index contributed by atoms with van der Waals surface area (Å²) in [4.78, 5) is 0. The highest BCUT2D eigenvalue weighted by Crippen LogP contribution is 2.53. The van der Waals surface area contributed by atoms with E-state index in [4.69, 9.17) is 5.10 Å². The Labute approximate surface area is 179 Å². The molecular formula is C26H31N3O. The summed E-state index contributed by atoms with van der Waals surface area (Å²) in [6.07, 6.45) is 9.61. The molecule has 0 aliphatic heterocycles. The van der Waals surface area contributed by atoms with Gasteiger partial charge in [0.2, 0.25) is 0 Å². The Morgan fingerprint density at radius 1 is 1.13 bits per heavy atom. The third kappa shape index (κ3) is 2.87. The molecule has 4 atom stereocenters. The number of aliphatic hydroxyl groups is 1. The lowest BCUT2D eigenvalue weighted by molar-refractivity contribution is 0.0645. The third-order valence-electron chi connectivity index (χ3n) is 8.00. The quantitative estimate of drug-likeness (QED) is 0.739. The van der Waals surface area contributed by atoms with Crippen LogP contribution in [0.3, 0.4) is 0 Å². The van der Waals surface area contributed by atoms with Gasteiger partial charge in [-0.3, -0.25) is 4.68 Å². The van der Waals surface area contributed by atoms with Crippen LogP contribution in [0.5, 0.6) is 0 Å². The van der Waals surface area contributed by atoms with E-state index in [0.717, 1.165) is 18.5 Å². The highest BCUT2D eigenvalue weighted by molar-refractivity contribution is 5.66. The Hall–Kier alpha value is -2.38. The second-order valence-corrected chi connectivity index (χ2v) is 9.72. The van der Waals surface area contributed by atoms with Crippen LogP contribution in [0.25, 0.3) is 11.3 Å². The molecule has 1 heterocycles. The third-order valence-corrected chi connectivity index (χ3v) is 8.00. The van der Waals surface area contributed by atoms with E-state index >= 15 is 0 Å². The van der Waals surface area contributed by atoms with E-state index in [9.17, 15) is 10.4 Å². The topological polar surface area (TPSA) is 61.8 Å². The van der Waals surface area contributed by atoms with Gasteiger partial charge in [-0.15, -0.1) is 0 Å². The van der Waals surface area contributed by atoms with Crippen molar-refractivity contribution >= 4 is 0 Å². The molecule has 1 fully saturated rings. The Kier molecular flexibility index (Phi) is 4.82. The van der Waals surface area contributed by atoms with E-state index in [1.807, 2.05) is 0 Å². The summed E-state index contributed by atoms with van der Waals surface area (Å²) >= 11 is 0. The molecule has 156 valence electrons. The van der Waals surface area contributed by atoms with Crippen LogP contribution < -0.4 is 0 Å². The molecule has 2 aromatic rings. The molecule has 3 aliphatic carbocycles. The van der Waals surface area contributed by atoms with Crippen molar-refractivity contribution in [1.82, 2.24) is 9.78 Å². The van der Waals surface area contributed by atoms with Crippen molar-refractivity contribution < 1.29 is 5.11 Å². The Morgan fingerprint density at radius 2 is 1.87 bits per heavy atom. The largest absolute Gasteiger partial charge is 0.387 e. The molecule has 1 aromatic carbocycles. The van der Waals surface area contributed by atoms with E-state index < -0.39 is 6.10 Å². The van der Waals surface area contributed by atoms with Crippen LogP contribution in [0.15, 0.2) is 42.0 Å². The van der Waals surface area contributed by atoms with Crippen LogP contribution in [0.2, 0.25) is 0 Å². The van der Waals surface area contributed by atoms with Gasteiger partial charge >= 0.3 is 0 Å². The van der Waals surface area contributed by atoms with Crippen LogP contribution in [0.4, 0.5) is 0 Å². The zero-order valence-electron chi connectivity index (χ0n) is 18.0. The van der Waals surface area contributed by atoms with Crippen molar-refractivity contribution in [3.05, 3.63) is 53.2 Å². The number of fused-ring (bicyclic) bond motifs is 3. The van der Waals surface area contributed by atoms with Gasteiger partial charge in [0, 0.05) is 16.5 Å². The molecule has 4 nitrogen and oxygen atoms in total. The van der Waals surface area contributed by atoms with Gasteiger partial charge in [0.25, 0.3) is 0 Å². The summed E-state index contributed by atoms with van der Waals surface area (Å²) in [7, 11) is 0. The smallest absolute Gasteiger partial charge is 0.0971 e. The molecular weight excluding hydrogens is 370 g/mol. The van der Waals surface area contributed by atoms with Crippen molar-refractivity contribution in [3.63, 3.8) is 0 Å². The van der Waals surface area contributed by atoms with Gasteiger partial charge in [-0.1, -0.05) is 69.5 Å². The predicted octanol–water partition coefficient (Wildman–Crippen LogP) is 5.34. The number of aliphatic hydroxyl groups excluding tert-OH is 1. The van der Waals surface area contributed by atoms with Gasteiger partial charge in [-0.05, 0) is 37.5 Å². The minimum absolute atomic E-state index is 0.0673. The van der Waals surface area contributed by atoms with Gasteiger partial charge in [-0.25, -0.2) is 0 Å². The molecule has 1 unspecified atom stereocenters. The van der Waals surface area contributed by atoms with Crippen molar-refractivity contribution in [3.8, 4) is 17.3 Å². The van der Waals surface area contributed by atoms with E-state index in [2.05, 4.69) is 61.0 Å². The van der Waals surface area contributed by atoms with Gasteiger partial charge in [0.05, 0.1) is 35.2 Å². The first-order valence-electron chi connectivity index (χ1n) is 11.5. The summed E-state index contributed by atoms with van der Waals surface area (Å²) in [5.41, 5.74) is 5.19. The lowest BCUT2D eigenvalue weighted by Gasteiger charge is -2.48. The minimum Gasteiger partial charge on any atom is -0.387 e. The molecule has 0 saturated heterocycles. The fourth-order valence-electron chi connectivity index (χ4n) is 6.46. The molecule has 4 heteroatoms.